The number of fused-ring (bicyclic) bond motifs is 1. The highest BCUT2D eigenvalue weighted by atomic mass is 16.7. The Morgan fingerprint density at radius 3 is 2.79 bits per heavy atom. The molecule has 1 amide bonds. The molecule has 7 heteroatoms. The maximum atomic E-state index is 12.7. The maximum Gasteiger partial charge on any atom is 0.261 e. The number of amides is 1. The summed E-state index contributed by atoms with van der Waals surface area (Å²) in [7, 11) is 2.95. The minimum Gasteiger partial charge on any atom is -0.350 e. The van der Waals surface area contributed by atoms with Gasteiger partial charge in [-0.05, 0) is 23.8 Å². The minimum absolute atomic E-state index is 0.108. The van der Waals surface area contributed by atoms with Crippen LogP contribution in [0.4, 0.5) is 0 Å². The van der Waals surface area contributed by atoms with E-state index in [1.165, 1.54) is 20.3 Å². The van der Waals surface area contributed by atoms with E-state index in [0.29, 0.717) is 25.2 Å². The van der Waals surface area contributed by atoms with Gasteiger partial charge in [0.1, 0.15) is 5.56 Å². The van der Waals surface area contributed by atoms with Crippen LogP contribution >= 0.6 is 0 Å². The Kier molecular flexibility index (Phi) is 4.73. The second-order valence-electron chi connectivity index (χ2n) is 5.55. The lowest BCUT2D eigenvalue weighted by molar-refractivity contribution is -0.108. The lowest BCUT2D eigenvalue weighted by Gasteiger charge is -2.28. The van der Waals surface area contributed by atoms with Crippen molar-refractivity contribution in [1.29, 1.82) is 0 Å². The van der Waals surface area contributed by atoms with E-state index in [-0.39, 0.29) is 11.5 Å². The molecular formula is C17H19N3O4. The number of rotatable bonds is 4. The van der Waals surface area contributed by atoms with E-state index in [1.807, 2.05) is 12.1 Å². The van der Waals surface area contributed by atoms with Crippen LogP contribution in [0.25, 0.3) is 0 Å². The molecule has 2 aromatic heterocycles. The predicted molar refractivity (Wildman–Crippen MR) is 86.5 cm³/mol. The molecule has 1 aliphatic rings. The molecular weight excluding hydrogens is 310 g/mol. The van der Waals surface area contributed by atoms with E-state index in [9.17, 15) is 9.59 Å². The third-order valence-corrected chi connectivity index (χ3v) is 4.10. The number of nitrogens with one attached hydrogen (secondary N) is 1. The first-order valence-electron chi connectivity index (χ1n) is 7.65. The van der Waals surface area contributed by atoms with Gasteiger partial charge in [0.15, 0.2) is 6.29 Å². The van der Waals surface area contributed by atoms with Gasteiger partial charge in [-0.1, -0.05) is 6.07 Å². The summed E-state index contributed by atoms with van der Waals surface area (Å²) in [6.07, 6.45) is 1.77. The molecule has 126 valence electrons. The maximum absolute atomic E-state index is 12.7. The van der Waals surface area contributed by atoms with Crippen LogP contribution in [-0.2, 0) is 22.4 Å². The minimum atomic E-state index is -0.671. The number of methoxy groups -OCH3 is 2. The number of ether oxygens (including phenoxy) is 2. The van der Waals surface area contributed by atoms with Gasteiger partial charge >= 0.3 is 0 Å². The fourth-order valence-corrected chi connectivity index (χ4v) is 2.85. The van der Waals surface area contributed by atoms with Gasteiger partial charge in [0, 0.05) is 45.6 Å². The Morgan fingerprint density at radius 2 is 2.08 bits per heavy atom. The summed E-state index contributed by atoms with van der Waals surface area (Å²) in [6.45, 7) is 1.00. The first-order chi connectivity index (χ1) is 11.6. The molecule has 2 aromatic rings. The normalized spacial score (nSPS) is 13.9. The van der Waals surface area contributed by atoms with E-state index < -0.39 is 11.8 Å². The molecule has 0 spiro atoms. The van der Waals surface area contributed by atoms with Crippen LogP contribution in [0.2, 0.25) is 0 Å². The van der Waals surface area contributed by atoms with Crippen LogP contribution in [0.5, 0.6) is 0 Å². The van der Waals surface area contributed by atoms with Gasteiger partial charge in [0.2, 0.25) is 0 Å². The summed E-state index contributed by atoms with van der Waals surface area (Å²) in [5.74, 6) is -0.288. The van der Waals surface area contributed by atoms with E-state index in [1.54, 1.807) is 17.2 Å². The Bertz CT molecular complexity index is 798. The van der Waals surface area contributed by atoms with Crippen molar-refractivity contribution in [1.82, 2.24) is 14.9 Å². The zero-order chi connectivity index (χ0) is 17.1. The zero-order valence-corrected chi connectivity index (χ0v) is 13.6. The highest BCUT2D eigenvalue weighted by Crippen LogP contribution is 2.18. The summed E-state index contributed by atoms with van der Waals surface area (Å²) >= 11 is 0. The topological polar surface area (TPSA) is 84.5 Å². The van der Waals surface area contributed by atoms with Crippen molar-refractivity contribution < 1.29 is 14.3 Å². The molecule has 24 heavy (non-hydrogen) atoms. The summed E-state index contributed by atoms with van der Waals surface area (Å²) in [5, 5.41) is 0. The van der Waals surface area contributed by atoms with Gasteiger partial charge in [-0.3, -0.25) is 14.6 Å². The third-order valence-electron chi connectivity index (χ3n) is 4.10. The number of hydrogen-bond donors (Lipinski definition) is 1. The highest BCUT2D eigenvalue weighted by molar-refractivity contribution is 5.94. The van der Waals surface area contributed by atoms with Gasteiger partial charge < -0.3 is 19.4 Å². The molecule has 0 aliphatic carbocycles. The van der Waals surface area contributed by atoms with Gasteiger partial charge in [-0.15, -0.1) is 0 Å². The molecule has 0 radical (unpaired) electrons. The van der Waals surface area contributed by atoms with E-state index >= 15 is 0 Å². The largest absolute Gasteiger partial charge is 0.350 e. The molecule has 0 saturated heterocycles. The van der Waals surface area contributed by atoms with Crippen molar-refractivity contribution in [2.75, 3.05) is 20.8 Å². The summed E-state index contributed by atoms with van der Waals surface area (Å²) < 4.78 is 10.2. The molecule has 0 aromatic carbocycles. The number of pyridine rings is 2. The number of aromatic nitrogens is 2. The summed E-state index contributed by atoms with van der Waals surface area (Å²) in [4.78, 5) is 33.6. The molecule has 1 N–H and O–H groups in total. The Morgan fingerprint density at radius 1 is 1.29 bits per heavy atom. The Hall–Kier alpha value is -2.51. The van der Waals surface area contributed by atoms with Crippen LogP contribution < -0.4 is 5.56 Å². The van der Waals surface area contributed by atoms with Crippen LogP contribution in [0.15, 0.2) is 35.3 Å². The molecule has 0 saturated carbocycles. The highest BCUT2D eigenvalue weighted by Gasteiger charge is 2.24. The fourth-order valence-electron chi connectivity index (χ4n) is 2.85. The lowest BCUT2D eigenvalue weighted by Crippen LogP contribution is -2.39. The van der Waals surface area contributed by atoms with Crippen molar-refractivity contribution in [2.45, 2.75) is 19.3 Å². The zero-order valence-electron chi connectivity index (χ0n) is 13.6. The number of aromatic amines is 1. The van der Waals surface area contributed by atoms with E-state index in [0.717, 1.165) is 11.3 Å². The number of hydrogen-bond acceptors (Lipinski definition) is 5. The van der Waals surface area contributed by atoms with E-state index in [2.05, 4.69) is 9.97 Å². The molecule has 3 rings (SSSR count). The van der Waals surface area contributed by atoms with Crippen LogP contribution in [0, 0.1) is 0 Å². The second kappa shape index (κ2) is 6.94. The van der Waals surface area contributed by atoms with Crippen LogP contribution in [-0.4, -0.2) is 41.5 Å². The quantitative estimate of drug-likeness (QED) is 0.854. The Balaban J connectivity index is 1.82. The Labute approximate surface area is 139 Å². The monoisotopic (exact) mass is 329 g/mol. The molecule has 7 nitrogen and oxygen atoms in total. The standard InChI is InChI=1S/C17H19N3O4/c1-23-17(24-2)14-6-5-12(15(21)19-14)16(22)20-9-7-13-11(10-20)4-3-8-18-13/h3-6,8,17H,7,9-10H2,1-2H3,(H,19,21). The molecule has 1 aliphatic heterocycles. The molecule has 0 fully saturated rings. The average molecular weight is 329 g/mol. The van der Waals surface area contributed by atoms with E-state index in [4.69, 9.17) is 9.47 Å². The molecule has 0 bridgehead atoms. The van der Waals surface area contributed by atoms with Crippen molar-refractivity contribution in [3.8, 4) is 0 Å². The van der Waals surface area contributed by atoms with Crippen molar-refractivity contribution in [3.05, 3.63) is 63.3 Å². The van der Waals surface area contributed by atoms with Crippen LogP contribution in [0.1, 0.15) is 33.6 Å². The summed E-state index contributed by atoms with van der Waals surface area (Å²) in [5.41, 5.74) is 2.15. The fraction of sp³-hybridized carbons (Fsp3) is 0.353. The predicted octanol–water partition coefficient (Wildman–Crippen LogP) is 1.26. The number of carbonyl (C=O) groups excluding carboxylic acids is 1. The number of nitrogens with zero attached hydrogens (tertiary/aromatic N) is 2. The first-order valence-corrected chi connectivity index (χ1v) is 7.65. The van der Waals surface area contributed by atoms with Crippen molar-refractivity contribution >= 4 is 5.91 Å². The van der Waals surface area contributed by atoms with Crippen molar-refractivity contribution in [2.24, 2.45) is 0 Å². The molecule has 0 unspecified atom stereocenters. The number of H-pyrrole nitrogens is 1. The smallest absolute Gasteiger partial charge is 0.261 e. The van der Waals surface area contributed by atoms with Crippen LogP contribution in [0.3, 0.4) is 0 Å². The summed E-state index contributed by atoms with van der Waals surface area (Å²) in [6, 6.07) is 6.95. The van der Waals surface area contributed by atoms with Gasteiger partial charge in [0.25, 0.3) is 11.5 Å². The lowest BCUT2D eigenvalue weighted by atomic mass is 10.0. The second-order valence-corrected chi connectivity index (χ2v) is 5.55. The molecule has 3 heterocycles. The number of carbonyl (C=O) groups is 1. The molecule has 0 atom stereocenters. The van der Waals surface area contributed by atoms with Gasteiger partial charge in [0.05, 0.1) is 5.69 Å². The van der Waals surface area contributed by atoms with Gasteiger partial charge in [-0.25, -0.2) is 0 Å². The first kappa shape index (κ1) is 16.4. The average Bonchev–Trinajstić information content (AvgIpc) is 2.62. The van der Waals surface area contributed by atoms with Gasteiger partial charge in [-0.2, -0.15) is 0 Å². The van der Waals surface area contributed by atoms with Crippen molar-refractivity contribution in [3.63, 3.8) is 0 Å². The SMILES string of the molecule is COC(OC)c1ccc(C(=O)N2CCc3ncccc3C2)c(=O)[nH]1. The third kappa shape index (κ3) is 3.08.